The number of nitrogens with zero attached hydrogens (tertiary/aromatic N) is 6. The van der Waals surface area contributed by atoms with Crippen molar-refractivity contribution in [3.63, 3.8) is 0 Å². The molecule has 0 radical (unpaired) electrons. The number of rotatable bonds is 3. The fourth-order valence-corrected chi connectivity index (χ4v) is 2.66. The standard InChI is InChI=1S/C13H18N6O/c1-11(18-7-3-5-15-18)13(20)17-6-2-4-12(8-17)19-10-14-9-16-19/h3,5,7,9-12H,2,4,6,8H2,1H3. The molecule has 2 unspecified atom stereocenters. The minimum Gasteiger partial charge on any atom is -0.339 e. The summed E-state index contributed by atoms with van der Waals surface area (Å²) in [5.74, 6) is 0.110. The van der Waals surface area contributed by atoms with Gasteiger partial charge >= 0.3 is 0 Å². The van der Waals surface area contributed by atoms with E-state index in [-0.39, 0.29) is 18.0 Å². The zero-order valence-corrected chi connectivity index (χ0v) is 11.5. The van der Waals surface area contributed by atoms with E-state index in [0.29, 0.717) is 6.54 Å². The van der Waals surface area contributed by atoms with Gasteiger partial charge in [-0.3, -0.25) is 9.48 Å². The van der Waals surface area contributed by atoms with Gasteiger partial charge in [-0.05, 0) is 25.8 Å². The summed E-state index contributed by atoms with van der Waals surface area (Å²) >= 11 is 0. The van der Waals surface area contributed by atoms with Crippen molar-refractivity contribution < 1.29 is 4.79 Å². The van der Waals surface area contributed by atoms with Crippen molar-refractivity contribution in [2.45, 2.75) is 31.8 Å². The van der Waals surface area contributed by atoms with Crippen molar-refractivity contribution in [1.82, 2.24) is 29.4 Å². The first kappa shape index (κ1) is 12.8. The average molecular weight is 274 g/mol. The quantitative estimate of drug-likeness (QED) is 0.834. The summed E-state index contributed by atoms with van der Waals surface area (Å²) in [6.45, 7) is 3.37. The van der Waals surface area contributed by atoms with Crippen LogP contribution in [0.2, 0.25) is 0 Å². The molecule has 0 spiro atoms. The summed E-state index contributed by atoms with van der Waals surface area (Å²) in [7, 11) is 0. The average Bonchev–Trinajstić information content (AvgIpc) is 3.18. The van der Waals surface area contributed by atoms with Crippen LogP contribution in [0.3, 0.4) is 0 Å². The molecule has 0 N–H and O–H groups in total. The van der Waals surface area contributed by atoms with Gasteiger partial charge in [0.15, 0.2) is 0 Å². The molecule has 0 aliphatic carbocycles. The number of amides is 1. The van der Waals surface area contributed by atoms with E-state index in [0.717, 1.165) is 19.4 Å². The monoisotopic (exact) mass is 274 g/mol. The molecule has 2 atom stereocenters. The predicted molar refractivity (Wildman–Crippen MR) is 71.8 cm³/mol. The van der Waals surface area contributed by atoms with E-state index >= 15 is 0 Å². The zero-order chi connectivity index (χ0) is 13.9. The molecule has 0 bridgehead atoms. The molecule has 3 rings (SSSR count). The maximum Gasteiger partial charge on any atom is 0.247 e. The lowest BCUT2D eigenvalue weighted by Crippen LogP contribution is -2.43. The summed E-state index contributed by atoms with van der Waals surface area (Å²) in [6.07, 6.45) is 8.79. The summed E-state index contributed by atoms with van der Waals surface area (Å²) in [4.78, 5) is 18.4. The lowest BCUT2D eigenvalue weighted by atomic mass is 10.1. The van der Waals surface area contributed by atoms with Gasteiger partial charge in [0.05, 0.1) is 6.04 Å². The molecule has 1 saturated heterocycles. The molecule has 1 aliphatic rings. The van der Waals surface area contributed by atoms with E-state index in [1.165, 1.54) is 6.33 Å². The molecule has 2 aromatic rings. The molecule has 7 heteroatoms. The van der Waals surface area contributed by atoms with Gasteiger partial charge in [0.1, 0.15) is 18.7 Å². The molecule has 2 aromatic heterocycles. The Balaban J connectivity index is 1.69. The molecule has 7 nitrogen and oxygen atoms in total. The number of aromatic nitrogens is 5. The second kappa shape index (κ2) is 5.44. The Morgan fingerprint density at radius 2 is 2.30 bits per heavy atom. The SMILES string of the molecule is CC(C(=O)N1CCCC(n2cncn2)C1)n1cccn1. The van der Waals surface area contributed by atoms with Crippen molar-refractivity contribution in [1.29, 1.82) is 0 Å². The number of likely N-dealkylation sites (tertiary alicyclic amines) is 1. The van der Waals surface area contributed by atoms with Crippen LogP contribution in [0.25, 0.3) is 0 Å². The Bertz CT molecular complexity index is 549. The van der Waals surface area contributed by atoms with Gasteiger partial charge in [-0.15, -0.1) is 0 Å². The Hall–Kier alpha value is -2.18. The predicted octanol–water partition coefficient (Wildman–Crippen LogP) is 0.899. The third-order valence-electron chi connectivity index (χ3n) is 3.80. The van der Waals surface area contributed by atoms with Crippen molar-refractivity contribution in [3.05, 3.63) is 31.1 Å². The number of hydrogen-bond acceptors (Lipinski definition) is 4. The normalized spacial score (nSPS) is 20.9. The minimum absolute atomic E-state index is 0.110. The molecular formula is C13H18N6O. The van der Waals surface area contributed by atoms with Crippen LogP contribution in [0.4, 0.5) is 0 Å². The Labute approximate surface area is 117 Å². The highest BCUT2D eigenvalue weighted by atomic mass is 16.2. The minimum atomic E-state index is -0.264. The zero-order valence-electron chi connectivity index (χ0n) is 11.5. The van der Waals surface area contributed by atoms with Crippen LogP contribution in [0.5, 0.6) is 0 Å². The van der Waals surface area contributed by atoms with Crippen LogP contribution in [-0.2, 0) is 4.79 Å². The topological polar surface area (TPSA) is 68.8 Å². The first-order valence-electron chi connectivity index (χ1n) is 6.87. The van der Waals surface area contributed by atoms with Crippen LogP contribution >= 0.6 is 0 Å². The van der Waals surface area contributed by atoms with Crippen LogP contribution < -0.4 is 0 Å². The fraction of sp³-hybridized carbons (Fsp3) is 0.538. The van der Waals surface area contributed by atoms with Gasteiger partial charge in [0, 0.05) is 25.5 Å². The lowest BCUT2D eigenvalue weighted by molar-refractivity contribution is -0.136. The maximum absolute atomic E-state index is 12.5. The largest absolute Gasteiger partial charge is 0.339 e. The molecule has 3 heterocycles. The van der Waals surface area contributed by atoms with Crippen molar-refractivity contribution in [2.24, 2.45) is 0 Å². The van der Waals surface area contributed by atoms with Crippen LogP contribution in [-0.4, -0.2) is 48.4 Å². The maximum atomic E-state index is 12.5. The Morgan fingerprint density at radius 3 is 3.00 bits per heavy atom. The first-order valence-corrected chi connectivity index (χ1v) is 6.87. The van der Waals surface area contributed by atoms with Crippen molar-refractivity contribution >= 4 is 5.91 Å². The van der Waals surface area contributed by atoms with Gasteiger partial charge in [-0.1, -0.05) is 0 Å². The molecule has 106 valence electrons. The third kappa shape index (κ3) is 2.43. The number of hydrogen-bond donors (Lipinski definition) is 0. The van der Waals surface area contributed by atoms with Crippen LogP contribution in [0, 0.1) is 0 Å². The van der Waals surface area contributed by atoms with E-state index in [4.69, 9.17) is 0 Å². The third-order valence-corrected chi connectivity index (χ3v) is 3.80. The van der Waals surface area contributed by atoms with Crippen molar-refractivity contribution in [2.75, 3.05) is 13.1 Å². The lowest BCUT2D eigenvalue weighted by Gasteiger charge is -2.34. The smallest absolute Gasteiger partial charge is 0.247 e. The highest BCUT2D eigenvalue weighted by Gasteiger charge is 2.28. The van der Waals surface area contributed by atoms with Gasteiger partial charge in [0.25, 0.3) is 0 Å². The first-order chi connectivity index (χ1) is 9.75. The van der Waals surface area contributed by atoms with Gasteiger partial charge in [-0.2, -0.15) is 10.2 Å². The highest BCUT2D eigenvalue weighted by molar-refractivity contribution is 5.80. The van der Waals surface area contributed by atoms with E-state index in [1.54, 1.807) is 17.2 Å². The van der Waals surface area contributed by atoms with E-state index < -0.39 is 0 Å². The van der Waals surface area contributed by atoms with E-state index in [9.17, 15) is 4.79 Å². The molecule has 20 heavy (non-hydrogen) atoms. The summed E-state index contributed by atoms with van der Waals surface area (Å²) in [6, 6.07) is 1.79. The molecule has 1 fully saturated rings. The Kier molecular flexibility index (Phi) is 3.49. The summed E-state index contributed by atoms with van der Waals surface area (Å²) < 4.78 is 3.54. The number of carbonyl (C=O) groups excluding carboxylic acids is 1. The fourth-order valence-electron chi connectivity index (χ4n) is 2.66. The van der Waals surface area contributed by atoms with Gasteiger partial charge in [0.2, 0.25) is 5.91 Å². The Morgan fingerprint density at radius 1 is 1.40 bits per heavy atom. The van der Waals surface area contributed by atoms with Crippen molar-refractivity contribution in [3.8, 4) is 0 Å². The molecule has 0 aromatic carbocycles. The molecule has 0 saturated carbocycles. The highest BCUT2D eigenvalue weighted by Crippen LogP contribution is 2.22. The van der Waals surface area contributed by atoms with E-state index in [2.05, 4.69) is 15.2 Å². The second-order valence-electron chi connectivity index (χ2n) is 5.12. The summed E-state index contributed by atoms with van der Waals surface area (Å²) in [5.41, 5.74) is 0. The molecular weight excluding hydrogens is 256 g/mol. The van der Waals surface area contributed by atoms with Gasteiger partial charge in [-0.25, -0.2) is 9.67 Å². The molecule has 1 amide bonds. The van der Waals surface area contributed by atoms with Crippen LogP contribution in [0.1, 0.15) is 31.8 Å². The number of piperidine rings is 1. The second-order valence-corrected chi connectivity index (χ2v) is 5.12. The van der Waals surface area contributed by atoms with E-state index in [1.807, 2.05) is 28.8 Å². The summed E-state index contributed by atoms with van der Waals surface area (Å²) in [5, 5.41) is 8.32. The van der Waals surface area contributed by atoms with Gasteiger partial charge < -0.3 is 4.90 Å². The van der Waals surface area contributed by atoms with Crippen LogP contribution in [0.15, 0.2) is 31.1 Å². The number of carbonyl (C=O) groups is 1. The molecule has 1 aliphatic heterocycles.